The number of carbonyl (C=O) groups is 1. The summed E-state index contributed by atoms with van der Waals surface area (Å²) < 4.78 is 9.90. The van der Waals surface area contributed by atoms with Crippen LogP contribution in [-0.4, -0.2) is 24.8 Å². The Morgan fingerprint density at radius 1 is 1.64 bits per heavy atom. The summed E-state index contributed by atoms with van der Waals surface area (Å²) >= 11 is 0. The van der Waals surface area contributed by atoms with Gasteiger partial charge >= 0.3 is 5.97 Å². The van der Waals surface area contributed by atoms with Crippen molar-refractivity contribution in [2.24, 2.45) is 0 Å². The van der Waals surface area contributed by atoms with Gasteiger partial charge in [-0.2, -0.15) is 0 Å². The molecule has 0 bridgehead atoms. The summed E-state index contributed by atoms with van der Waals surface area (Å²) in [6.07, 6.45) is 1.95. The highest BCUT2D eigenvalue weighted by molar-refractivity contribution is 5.69. The topological polar surface area (TPSA) is 38.8 Å². The number of epoxide rings is 1. The van der Waals surface area contributed by atoms with Crippen molar-refractivity contribution in [3.63, 3.8) is 0 Å². The molecule has 1 heterocycles. The summed E-state index contributed by atoms with van der Waals surface area (Å²) in [5.41, 5.74) is 0. The zero-order valence-corrected chi connectivity index (χ0v) is 7.00. The van der Waals surface area contributed by atoms with Crippen LogP contribution in [0.15, 0.2) is 0 Å². The van der Waals surface area contributed by atoms with Crippen molar-refractivity contribution in [3.8, 4) is 0 Å². The van der Waals surface area contributed by atoms with E-state index >= 15 is 0 Å². The van der Waals surface area contributed by atoms with Crippen LogP contribution < -0.4 is 0 Å². The largest absolute Gasteiger partial charge is 0.466 e. The van der Waals surface area contributed by atoms with Gasteiger partial charge in [-0.3, -0.25) is 4.79 Å². The Morgan fingerprint density at radius 2 is 2.27 bits per heavy atom. The minimum absolute atomic E-state index is 0.116. The first-order valence-corrected chi connectivity index (χ1v) is 4.05. The van der Waals surface area contributed by atoms with Crippen LogP contribution in [-0.2, 0) is 14.3 Å². The third kappa shape index (κ3) is 2.89. The Morgan fingerprint density at radius 3 is 2.73 bits per heavy atom. The third-order valence-electron chi connectivity index (χ3n) is 1.77. The lowest BCUT2D eigenvalue weighted by molar-refractivity contribution is -0.143. The second kappa shape index (κ2) is 3.72. The van der Waals surface area contributed by atoms with Crippen LogP contribution in [0.5, 0.6) is 0 Å². The summed E-state index contributed by atoms with van der Waals surface area (Å²) in [5.74, 6) is -0.116. The molecule has 0 unspecified atom stereocenters. The van der Waals surface area contributed by atoms with Crippen molar-refractivity contribution < 1.29 is 14.3 Å². The maximum Gasteiger partial charge on any atom is 0.305 e. The van der Waals surface area contributed by atoms with E-state index < -0.39 is 0 Å². The Hall–Kier alpha value is -0.570. The van der Waals surface area contributed by atoms with Crippen LogP contribution in [0.2, 0.25) is 0 Å². The average molecular weight is 158 g/mol. The molecule has 0 spiro atoms. The van der Waals surface area contributed by atoms with Gasteiger partial charge in [0, 0.05) is 6.42 Å². The van der Waals surface area contributed by atoms with Gasteiger partial charge in [0.1, 0.15) is 0 Å². The van der Waals surface area contributed by atoms with Crippen molar-refractivity contribution in [2.45, 2.75) is 38.9 Å². The molecule has 1 fully saturated rings. The maximum atomic E-state index is 10.8. The Labute approximate surface area is 66.7 Å². The summed E-state index contributed by atoms with van der Waals surface area (Å²) in [7, 11) is 0. The van der Waals surface area contributed by atoms with Gasteiger partial charge in [0.05, 0.1) is 18.8 Å². The minimum atomic E-state index is -0.116. The standard InChI is InChI=1S/C8H14O3/c1-3-10-8(9)5-4-7-6(2)11-7/h6-7H,3-5H2,1-2H3/t6-,7-/m0/s1. The summed E-state index contributed by atoms with van der Waals surface area (Å²) in [6, 6.07) is 0. The van der Waals surface area contributed by atoms with Crippen LogP contribution in [0.3, 0.4) is 0 Å². The molecule has 0 saturated carbocycles. The van der Waals surface area contributed by atoms with Gasteiger partial charge in [-0.15, -0.1) is 0 Å². The SMILES string of the molecule is CCOC(=O)CC[C@@H]1O[C@H]1C. The van der Waals surface area contributed by atoms with E-state index in [1.54, 1.807) is 0 Å². The van der Waals surface area contributed by atoms with Gasteiger partial charge in [-0.25, -0.2) is 0 Å². The maximum absolute atomic E-state index is 10.8. The fourth-order valence-electron chi connectivity index (χ4n) is 1.03. The molecule has 1 saturated heterocycles. The van der Waals surface area contributed by atoms with Crippen LogP contribution in [0.4, 0.5) is 0 Å². The van der Waals surface area contributed by atoms with E-state index in [-0.39, 0.29) is 5.97 Å². The van der Waals surface area contributed by atoms with E-state index in [9.17, 15) is 4.79 Å². The number of ether oxygens (including phenoxy) is 2. The molecule has 0 aliphatic carbocycles. The van der Waals surface area contributed by atoms with Gasteiger partial charge in [0.15, 0.2) is 0 Å². The molecule has 0 aromatic carbocycles. The van der Waals surface area contributed by atoms with E-state index in [0.717, 1.165) is 6.42 Å². The number of rotatable bonds is 4. The predicted octanol–water partition coefficient (Wildman–Crippen LogP) is 1.12. The molecule has 3 heteroatoms. The van der Waals surface area contributed by atoms with E-state index in [2.05, 4.69) is 0 Å². The minimum Gasteiger partial charge on any atom is -0.466 e. The predicted molar refractivity (Wildman–Crippen MR) is 40.2 cm³/mol. The van der Waals surface area contributed by atoms with Crippen molar-refractivity contribution in [1.29, 1.82) is 0 Å². The highest BCUT2D eigenvalue weighted by Gasteiger charge is 2.33. The molecule has 64 valence electrons. The zero-order valence-electron chi connectivity index (χ0n) is 7.00. The van der Waals surface area contributed by atoms with Crippen LogP contribution in [0.1, 0.15) is 26.7 Å². The third-order valence-corrected chi connectivity index (χ3v) is 1.77. The molecule has 1 aliphatic heterocycles. The zero-order chi connectivity index (χ0) is 8.27. The van der Waals surface area contributed by atoms with Crippen LogP contribution >= 0.6 is 0 Å². The van der Waals surface area contributed by atoms with E-state index in [4.69, 9.17) is 9.47 Å². The highest BCUT2D eigenvalue weighted by atomic mass is 16.6. The van der Waals surface area contributed by atoms with Gasteiger partial charge in [-0.1, -0.05) is 0 Å². The summed E-state index contributed by atoms with van der Waals surface area (Å²) in [4.78, 5) is 10.8. The van der Waals surface area contributed by atoms with Crippen molar-refractivity contribution in [1.82, 2.24) is 0 Å². The fourth-order valence-corrected chi connectivity index (χ4v) is 1.03. The molecule has 1 aliphatic rings. The molecule has 11 heavy (non-hydrogen) atoms. The summed E-state index contributed by atoms with van der Waals surface area (Å²) in [6.45, 7) is 4.30. The Balaban J connectivity index is 1.98. The molecule has 0 aromatic heterocycles. The molecule has 1 rings (SSSR count). The highest BCUT2D eigenvalue weighted by Crippen LogP contribution is 2.25. The van der Waals surface area contributed by atoms with E-state index in [0.29, 0.717) is 25.2 Å². The van der Waals surface area contributed by atoms with Crippen molar-refractivity contribution in [2.75, 3.05) is 6.61 Å². The first-order valence-electron chi connectivity index (χ1n) is 4.05. The lowest BCUT2D eigenvalue weighted by atomic mass is 10.2. The molecule has 0 N–H and O–H groups in total. The molecule has 0 radical (unpaired) electrons. The molecule has 2 atom stereocenters. The number of esters is 1. The van der Waals surface area contributed by atoms with Crippen LogP contribution in [0.25, 0.3) is 0 Å². The smallest absolute Gasteiger partial charge is 0.305 e. The quantitative estimate of drug-likeness (QED) is 0.454. The van der Waals surface area contributed by atoms with Gasteiger partial charge < -0.3 is 9.47 Å². The Kier molecular flexibility index (Phi) is 2.88. The lowest BCUT2D eigenvalue weighted by Crippen LogP contribution is -2.05. The fraction of sp³-hybridized carbons (Fsp3) is 0.875. The summed E-state index contributed by atoms with van der Waals surface area (Å²) in [5, 5.41) is 0. The van der Waals surface area contributed by atoms with E-state index in [1.165, 1.54) is 0 Å². The number of hydrogen-bond donors (Lipinski definition) is 0. The molecule has 3 nitrogen and oxygen atoms in total. The lowest BCUT2D eigenvalue weighted by Gasteiger charge is -1.98. The normalized spacial score (nSPS) is 28.2. The molecular formula is C8H14O3. The van der Waals surface area contributed by atoms with E-state index in [1.807, 2.05) is 13.8 Å². The van der Waals surface area contributed by atoms with Crippen LogP contribution in [0, 0.1) is 0 Å². The molecular weight excluding hydrogens is 144 g/mol. The number of hydrogen-bond acceptors (Lipinski definition) is 3. The van der Waals surface area contributed by atoms with Crippen molar-refractivity contribution >= 4 is 5.97 Å². The van der Waals surface area contributed by atoms with Crippen molar-refractivity contribution in [3.05, 3.63) is 0 Å². The monoisotopic (exact) mass is 158 g/mol. The molecule has 0 amide bonds. The number of carbonyl (C=O) groups excluding carboxylic acids is 1. The first-order chi connectivity index (χ1) is 5.24. The first kappa shape index (κ1) is 8.53. The van der Waals surface area contributed by atoms with Gasteiger partial charge in [0.2, 0.25) is 0 Å². The second-order valence-electron chi connectivity index (χ2n) is 2.72. The van der Waals surface area contributed by atoms with Gasteiger partial charge in [0.25, 0.3) is 0 Å². The average Bonchev–Trinajstić information content (AvgIpc) is 2.63. The van der Waals surface area contributed by atoms with Gasteiger partial charge in [-0.05, 0) is 20.3 Å². The second-order valence-corrected chi connectivity index (χ2v) is 2.72. The Bertz CT molecular complexity index is 144. The molecule has 0 aromatic rings.